The van der Waals surface area contributed by atoms with Gasteiger partial charge in [0.1, 0.15) is 17.2 Å². The van der Waals surface area contributed by atoms with Gasteiger partial charge in [0.2, 0.25) is 0 Å². The maximum atomic E-state index is 4.36. The Hall–Kier alpha value is -1.14. The lowest BCUT2D eigenvalue weighted by molar-refractivity contribution is 0.858. The molecule has 2 rings (SSSR count). The molecule has 0 aliphatic heterocycles. The second-order valence-corrected chi connectivity index (χ2v) is 5.54. The van der Waals surface area contributed by atoms with Crippen molar-refractivity contribution in [3.05, 3.63) is 23.5 Å². The molecule has 1 N–H and O–H groups in total. The Balaban J connectivity index is 2.31. The third kappa shape index (κ3) is 2.95. The fraction of sp³-hybridized carbons (Fsp3) is 0.364. The Kier molecular flexibility index (Phi) is 4.33. The van der Waals surface area contributed by atoms with Gasteiger partial charge in [-0.2, -0.15) is 0 Å². The largest absolute Gasteiger partial charge is 0.373 e. The van der Waals surface area contributed by atoms with Gasteiger partial charge in [-0.05, 0) is 18.2 Å². The van der Waals surface area contributed by atoms with Crippen molar-refractivity contribution in [2.45, 2.75) is 29.1 Å². The van der Waals surface area contributed by atoms with E-state index in [0.717, 1.165) is 28.0 Å². The maximum absolute atomic E-state index is 4.36. The van der Waals surface area contributed by atoms with Crippen molar-refractivity contribution in [1.29, 1.82) is 0 Å². The fourth-order valence-electron chi connectivity index (χ4n) is 1.52. The Morgan fingerprint density at radius 3 is 2.88 bits per heavy atom. The molecule has 0 saturated heterocycles. The van der Waals surface area contributed by atoms with Gasteiger partial charge >= 0.3 is 0 Å². The summed E-state index contributed by atoms with van der Waals surface area (Å²) in [6.07, 6.45) is 5.46. The normalized spacial score (nSPS) is 10.5. The van der Waals surface area contributed by atoms with Gasteiger partial charge in [0.05, 0.1) is 0 Å². The first kappa shape index (κ1) is 12.3. The summed E-state index contributed by atoms with van der Waals surface area (Å²) in [6.45, 7) is 2.16. The summed E-state index contributed by atoms with van der Waals surface area (Å²) < 4.78 is 1.02. The Morgan fingerprint density at radius 1 is 1.35 bits per heavy atom. The van der Waals surface area contributed by atoms with Crippen LogP contribution in [0, 0.1) is 0 Å². The summed E-state index contributed by atoms with van der Waals surface area (Å²) >= 11 is 3.24. The molecule has 0 aliphatic rings. The number of aromatic nitrogens is 3. The van der Waals surface area contributed by atoms with E-state index in [2.05, 4.69) is 27.2 Å². The van der Waals surface area contributed by atoms with Crippen LogP contribution >= 0.6 is 23.1 Å². The van der Waals surface area contributed by atoms with Crippen molar-refractivity contribution in [1.82, 2.24) is 15.0 Å². The van der Waals surface area contributed by atoms with E-state index in [4.69, 9.17) is 0 Å². The predicted molar refractivity (Wildman–Crippen MR) is 71.8 cm³/mol. The lowest BCUT2D eigenvalue weighted by Gasteiger charge is -2.10. The highest BCUT2D eigenvalue weighted by Crippen LogP contribution is 2.32. The first-order valence-electron chi connectivity index (χ1n) is 5.44. The highest BCUT2D eigenvalue weighted by atomic mass is 32.2. The lowest BCUT2D eigenvalue weighted by Crippen LogP contribution is -2.02. The van der Waals surface area contributed by atoms with Crippen LogP contribution < -0.4 is 5.32 Å². The summed E-state index contributed by atoms with van der Waals surface area (Å²) in [6, 6.07) is 0. The van der Waals surface area contributed by atoms with Gasteiger partial charge in [-0.15, -0.1) is 11.3 Å². The minimum Gasteiger partial charge on any atom is -0.373 e. The van der Waals surface area contributed by atoms with Crippen LogP contribution in [0.5, 0.6) is 0 Å². The number of anilines is 1. The molecule has 6 heteroatoms. The Bertz CT molecular complexity index is 470. The van der Waals surface area contributed by atoms with E-state index in [1.165, 1.54) is 5.56 Å². The molecular weight excluding hydrogens is 252 g/mol. The van der Waals surface area contributed by atoms with Gasteiger partial charge in [0.15, 0.2) is 4.34 Å². The molecule has 0 unspecified atom stereocenters. The van der Waals surface area contributed by atoms with Crippen molar-refractivity contribution in [2.75, 3.05) is 12.4 Å². The SMILES string of the molecule is CCCc1c(NC)ncnc1Sc1nccs1. The van der Waals surface area contributed by atoms with Crippen LogP contribution in [0.3, 0.4) is 0 Å². The zero-order chi connectivity index (χ0) is 12.1. The molecule has 2 aromatic heterocycles. The van der Waals surface area contributed by atoms with Crippen LogP contribution in [0.15, 0.2) is 27.3 Å². The summed E-state index contributed by atoms with van der Waals surface area (Å²) in [5.74, 6) is 0.918. The van der Waals surface area contributed by atoms with Gasteiger partial charge in [-0.1, -0.05) is 13.3 Å². The molecule has 90 valence electrons. The molecule has 0 saturated carbocycles. The molecular formula is C11H14N4S2. The third-order valence-electron chi connectivity index (χ3n) is 2.24. The lowest BCUT2D eigenvalue weighted by atomic mass is 10.2. The fourth-order valence-corrected chi connectivity index (χ4v) is 3.17. The summed E-state index contributed by atoms with van der Waals surface area (Å²) in [5, 5.41) is 6.09. The Labute approximate surface area is 109 Å². The van der Waals surface area contributed by atoms with Crippen molar-refractivity contribution in [3.63, 3.8) is 0 Å². The monoisotopic (exact) mass is 266 g/mol. The zero-order valence-electron chi connectivity index (χ0n) is 9.80. The van der Waals surface area contributed by atoms with E-state index in [-0.39, 0.29) is 0 Å². The van der Waals surface area contributed by atoms with Gasteiger partial charge in [-0.25, -0.2) is 15.0 Å². The van der Waals surface area contributed by atoms with E-state index in [1.54, 1.807) is 29.4 Å². The van der Waals surface area contributed by atoms with Crippen LogP contribution in [0.2, 0.25) is 0 Å². The molecule has 0 amide bonds. The molecule has 17 heavy (non-hydrogen) atoms. The van der Waals surface area contributed by atoms with E-state index in [1.807, 2.05) is 18.6 Å². The highest BCUT2D eigenvalue weighted by molar-refractivity contribution is 8.01. The number of thiazole rings is 1. The first-order chi connectivity index (χ1) is 8.35. The van der Waals surface area contributed by atoms with Crippen molar-refractivity contribution >= 4 is 28.9 Å². The van der Waals surface area contributed by atoms with Gasteiger partial charge in [0, 0.05) is 24.2 Å². The van der Waals surface area contributed by atoms with Gasteiger partial charge < -0.3 is 5.32 Å². The third-order valence-corrected chi connectivity index (χ3v) is 4.16. The average molecular weight is 266 g/mol. The van der Waals surface area contributed by atoms with Crippen molar-refractivity contribution in [3.8, 4) is 0 Å². The van der Waals surface area contributed by atoms with E-state index in [9.17, 15) is 0 Å². The minimum absolute atomic E-state index is 0.918. The summed E-state index contributed by atoms with van der Waals surface area (Å²) in [7, 11) is 1.89. The molecule has 2 aromatic rings. The van der Waals surface area contributed by atoms with Crippen LogP contribution in [-0.2, 0) is 6.42 Å². The van der Waals surface area contributed by atoms with Crippen LogP contribution in [0.4, 0.5) is 5.82 Å². The minimum atomic E-state index is 0.918. The number of nitrogens with zero attached hydrogens (tertiary/aromatic N) is 3. The second-order valence-electron chi connectivity index (χ2n) is 3.41. The van der Waals surface area contributed by atoms with E-state index >= 15 is 0 Å². The maximum Gasteiger partial charge on any atom is 0.156 e. The van der Waals surface area contributed by atoms with Crippen LogP contribution in [0.25, 0.3) is 0 Å². The predicted octanol–water partition coefficient (Wildman–Crippen LogP) is 3.08. The van der Waals surface area contributed by atoms with E-state index < -0.39 is 0 Å². The first-order valence-corrected chi connectivity index (χ1v) is 7.13. The topological polar surface area (TPSA) is 50.7 Å². The molecule has 0 aliphatic carbocycles. The molecule has 2 heterocycles. The summed E-state index contributed by atoms with van der Waals surface area (Å²) in [5.41, 5.74) is 1.18. The molecule has 0 atom stereocenters. The number of nitrogens with one attached hydrogen (secondary N) is 1. The van der Waals surface area contributed by atoms with Crippen LogP contribution in [-0.4, -0.2) is 22.0 Å². The number of hydrogen-bond donors (Lipinski definition) is 1. The zero-order valence-corrected chi connectivity index (χ0v) is 11.4. The number of rotatable bonds is 5. The van der Waals surface area contributed by atoms with E-state index in [0.29, 0.717) is 0 Å². The van der Waals surface area contributed by atoms with Crippen LogP contribution in [0.1, 0.15) is 18.9 Å². The smallest absolute Gasteiger partial charge is 0.156 e. The number of hydrogen-bond acceptors (Lipinski definition) is 6. The van der Waals surface area contributed by atoms with Crippen molar-refractivity contribution in [2.24, 2.45) is 0 Å². The molecule has 0 radical (unpaired) electrons. The van der Waals surface area contributed by atoms with Gasteiger partial charge in [-0.3, -0.25) is 0 Å². The summed E-state index contributed by atoms with van der Waals surface area (Å²) in [4.78, 5) is 12.9. The molecule has 0 fully saturated rings. The highest BCUT2D eigenvalue weighted by Gasteiger charge is 2.12. The molecule has 4 nitrogen and oxygen atoms in total. The Morgan fingerprint density at radius 2 is 2.24 bits per heavy atom. The quantitative estimate of drug-likeness (QED) is 0.843. The molecule has 0 bridgehead atoms. The standard InChI is InChI=1S/C11H14N4S2/c1-3-4-8-9(12-2)14-7-15-10(8)17-11-13-5-6-16-11/h5-7H,3-4H2,1-2H3,(H,12,14,15). The van der Waals surface area contributed by atoms with Gasteiger partial charge in [0.25, 0.3) is 0 Å². The molecule has 0 spiro atoms. The van der Waals surface area contributed by atoms with Crippen molar-refractivity contribution < 1.29 is 0 Å². The molecule has 0 aromatic carbocycles. The average Bonchev–Trinajstić information content (AvgIpc) is 2.84. The second kappa shape index (κ2) is 5.97.